The zero-order valence-corrected chi connectivity index (χ0v) is 10.2. The maximum Gasteiger partial charge on any atom is 0.218 e. The molecule has 3 aliphatic rings. The second-order valence-electron chi connectivity index (χ2n) is 5.09. The normalized spacial score (nSPS) is 35.4. The molecule has 2 aliphatic heterocycles. The summed E-state index contributed by atoms with van der Waals surface area (Å²) in [5.74, 6) is 3.53. The van der Waals surface area contributed by atoms with Crippen molar-refractivity contribution in [2.45, 2.75) is 13.0 Å². The zero-order chi connectivity index (χ0) is 12.0. The molecule has 17 heavy (non-hydrogen) atoms. The van der Waals surface area contributed by atoms with E-state index in [9.17, 15) is 0 Å². The Morgan fingerprint density at radius 2 is 2.06 bits per heavy atom. The standard InChI is InChI=1S/C12H18N4O/c1-7-8-4-16(5-9(7)12(8)13)10-3-11(17-2)15-6-14-10/h3,6-9,12H,4-5,13H2,1-2H3/t7-,8-,9+,12+. The second-order valence-corrected chi connectivity index (χ2v) is 5.09. The Morgan fingerprint density at radius 3 is 2.65 bits per heavy atom. The van der Waals surface area contributed by atoms with Gasteiger partial charge in [0.25, 0.3) is 0 Å². The van der Waals surface area contributed by atoms with Crippen LogP contribution in [0.25, 0.3) is 0 Å². The van der Waals surface area contributed by atoms with E-state index in [0.717, 1.165) is 24.8 Å². The first-order valence-electron chi connectivity index (χ1n) is 6.07. The van der Waals surface area contributed by atoms with E-state index in [1.807, 2.05) is 6.07 Å². The van der Waals surface area contributed by atoms with Crippen molar-refractivity contribution in [3.8, 4) is 5.88 Å². The predicted molar refractivity (Wildman–Crippen MR) is 64.9 cm³/mol. The molecule has 92 valence electrons. The minimum absolute atomic E-state index is 0.380. The number of hydrogen-bond acceptors (Lipinski definition) is 5. The Kier molecular flexibility index (Phi) is 2.43. The lowest BCUT2D eigenvalue weighted by Gasteiger charge is -2.57. The van der Waals surface area contributed by atoms with Gasteiger partial charge >= 0.3 is 0 Å². The van der Waals surface area contributed by atoms with Crippen molar-refractivity contribution in [1.82, 2.24) is 9.97 Å². The van der Waals surface area contributed by atoms with E-state index in [0.29, 0.717) is 23.8 Å². The van der Waals surface area contributed by atoms with Crippen LogP contribution >= 0.6 is 0 Å². The number of rotatable bonds is 2. The number of fused-ring (bicyclic) bond motifs is 2. The van der Waals surface area contributed by atoms with Crippen LogP contribution in [0.15, 0.2) is 12.4 Å². The molecule has 2 N–H and O–H groups in total. The first kappa shape index (κ1) is 10.8. The van der Waals surface area contributed by atoms with Gasteiger partial charge in [0.1, 0.15) is 12.1 Å². The fraction of sp³-hybridized carbons (Fsp3) is 0.667. The molecule has 4 rings (SSSR count). The van der Waals surface area contributed by atoms with Crippen LogP contribution < -0.4 is 15.4 Å². The van der Waals surface area contributed by atoms with Gasteiger partial charge in [0, 0.05) is 25.2 Å². The van der Waals surface area contributed by atoms with Gasteiger partial charge in [0.05, 0.1) is 7.11 Å². The van der Waals surface area contributed by atoms with Crippen molar-refractivity contribution in [3.63, 3.8) is 0 Å². The quantitative estimate of drug-likeness (QED) is 0.808. The largest absolute Gasteiger partial charge is 0.481 e. The minimum Gasteiger partial charge on any atom is -0.481 e. The van der Waals surface area contributed by atoms with Gasteiger partial charge in [-0.15, -0.1) is 0 Å². The number of hydrogen-bond donors (Lipinski definition) is 1. The highest BCUT2D eigenvalue weighted by Gasteiger charge is 2.50. The van der Waals surface area contributed by atoms with Crippen LogP contribution in [0.5, 0.6) is 5.88 Å². The van der Waals surface area contributed by atoms with Gasteiger partial charge in [-0.25, -0.2) is 9.97 Å². The predicted octanol–water partition coefficient (Wildman–Crippen LogP) is 0.515. The molecule has 1 saturated carbocycles. The van der Waals surface area contributed by atoms with Gasteiger partial charge < -0.3 is 15.4 Å². The van der Waals surface area contributed by atoms with Gasteiger partial charge in [-0.2, -0.15) is 0 Å². The van der Waals surface area contributed by atoms with Gasteiger partial charge in [-0.3, -0.25) is 0 Å². The van der Waals surface area contributed by atoms with Crippen LogP contribution in [0.1, 0.15) is 6.92 Å². The number of ether oxygens (including phenoxy) is 1. The van der Waals surface area contributed by atoms with Crippen LogP contribution in [-0.4, -0.2) is 36.2 Å². The Hall–Kier alpha value is -1.36. The van der Waals surface area contributed by atoms with Crippen LogP contribution in [0, 0.1) is 17.8 Å². The smallest absolute Gasteiger partial charge is 0.218 e. The first-order chi connectivity index (χ1) is 8.20. The molecule has 1 aromatic rings. The van der Waals surface area contributed by atoms with Crippen LogP contribution in [0.4, 0.5) is 5.82 Å². The molecule has 5 heteroatoms. The minimum atomic E-state index is 0.380. The Bertz CT molecular complexity index is 401. The fourth-order valence-corrected chi connectivity index (χ4v) is 3.15. The summed E-state index contributed by atoms with van der Waals surface area (Å²) < 4.78 is 5.12. The highest BCUT2D eigenvalue weighted by molar-refractivity contribution is 5.43. The number of piperidine rings is 2. The molecule has 2 saturated heterocycles. The molecule has 4 atom stereocenters. The summed E-state index contributed by atoms with van der Waals surface area (Å²) in [4.78, 5) is 10.6. The van der Waals surface area contributed by atoms with Crippen molar-refractivity contribution in [2.24, 2.45) is 23.5 Å². The average molecular weight is 234 g/mol. The summed E-state index contributed by atoms with van der Waals surface area (Å²) in [5.41, 5.74) is 6.13. The lowest BCUT2D eigenvalue weighted by Crippen LogP contribution is -2.67. The second kappa shape index (κ2) is 3.84. The number of aromatic nitrogens is 2. The van der Waals surface area contributed by atoms with Crippen molar-refractivity contribution >= 4 is 5.82 Å². The Balaban J connectivity index is 1.78. The lowest BCUT2D eigenvalue weighted by atomic mass is 9.59. The molecule has 0 radical (unpaired) electrons. The maximum atomic E-state index is 6.13. The molecule has 3 fully saturated rings. The SMILES string of the molecule is COc1cc(N2C[C@@H]3[C@@H](C)[C@H](C2)[C@H]3N)ncn1. The summed E-state index contributed by atoms with van der Waals surface area (Å²) in [5, 5.41) is 0. The summed E-state index contributed by atoms with van der Waals surface area (Å²) in [7, 11) is 1.62. The summed E-state index contributed by atoms with van der Waals surface area (Å²) in [6.07, 6.45) is 1.55. The zero-order valence-electron chi connectivity index (χ0n) is 10.2. The topological polar surface area (TPSA) is 64.3 Å². The molecule has 0 aromatic carbocycles. The van der Waals surface area contributed by atoms with Crippen molar-refractivity contribution in [1.29, 1.82) is 0 Å². The van der Waals surface area contributed by atoms with Crippen molar-refractivity contribution < 1.29 is 4.74 Å². The van der Waals surface area contributed by atoms with E-state index in [-0.39, 0.29) is 0 Å². The van der Waals surface area contributed by atoms with Gasteiger partial charge in [-0.05, 0) is 17.8 Å². The summed E-state index contributed by atoms with van der Waals surface area (Å²) >= 11 is 0. The molecule has 3 heterocycles. The molecular formula is C12H18N4O. The Labute approximate surface area is 101 Å². The average Bonchev–Trinajstić information content (AvgIpc) is 2.40. The number of methoxy groups -OCH3 is 1. The third-order valence-electron chi connectivity index (χ3n) is 4.36. The van der Waals surface area contributed by atoms with E-state index in [2.05, 4.69) is 21.8 Å². The number of nitrogens with two attached hydrogens (primary N) is 1. The van der Waals surface area contributed by atoms with Gasteiger partial charge in [0.2, 0.25) is 5.88 Å². The van der Waals surface area contributed by atoms with E-state index in [1.54, 1.807) is 13.4 Å². The molecular weight excluding hydrogens is 216 g/mol. The number of nitrogens with zero attached hydrogens (tertiary/aromatic N) is 3. The molecule has 1 aliphatic carbocycles. The fourth-order valence-electron chi connectivity index (χ4n) is 3.15. The van der Waals surface area contributed by atoms with Crippen LogP contribution in [0.2, 0.25) is 0 Å². The highest BCUT2D eigenvalue weighted by atomic mass is 16.5. The molecule has 5 nitrogen and oxygen atoms in total. The van der Waals surface area contributed by atoms with Crippen molar-refractivity contribution in [2.75, 3.05) is 25.1 Å². The maximum absolute atomic E-state index is 6.13. The van der Waals surface area contributed by atoms with E-state index in [4.69, 9.17) is 10.5 Å². The van der Waals surface area contributed by atoms with Crippen LogP contribution in [-0.2, 0) is 0 Å². The summed E-state index contributed by atoms with van der Waals surface area (Å²) in [6, 6.07) is 2.27. The molecule has 0 amide bonds. The van der Waals surface area contributed by atoms with E-state index >= 15 is 0 Å². The lowest BCUT2D eigenvalue weighted by molar-refractivity contribution is 0.0293. The Morgan fingerprint density at radius 1 is 1.35 bits per heavy atom. The van der Waals surface area contributed by atoms with E-state index in [1.165, 1.54) is 0 Å². The molecule has 2 bridgehead atoms. The molecule has 0 spiro atoms. The van der Waals surface area contributed by atoms with Gasteiger partial charge in [-0.1, -0.05) is 6.92 Å². The van der Waals surface area contributed by atoms with Gasteiger partial charge in [0.15, 0.2) is 0 Å². The third-order valence-corrected chi connectivity index (χ3v) is 4.36. The van der Waals surface area contributed by atoms with Crippen LogP contribution in [0.3, 0.4) is 0 Å². The van der Waals surface area contributed by atoms with Crippen molar-refractivity contribution in [3.05, 3.63) is 12.4 Å². The molecule has 1 aromatic heterocycles. The summed E-state index contributed by atoms with van der Waals surface area (Å²) in [6.45, 7) is 4.30. The number of anilines is 1. The highest BCUT2D eigenvalue weighted by Crippen LogP contribution is 2.45. The first-order valence-corrected chi connectivity index (χ1v) is 6.07. The molecule has 0 unspecified atom stereocenters. The third kappa shape index (κ3) is 1.57. The van der Waals surface area contributed by atoms with E-state index < -0.39 is 0 Å². The monoisotopic (exact) mass is 234 g/mol.